The summed E-state index contributed by atoms with van der Waals surface area (Å²) < 4.78 is 27.6. The third-order valence-corrected chi connectivity index (χ3v) is 8.83. The first-order chi connectivity index (χ1) is 15.5. The lowest BCUT2D eigenvalue weighted by Crippen LogP contribution is -2.35. The van der Waals surface area contributed by atoms with Gasteiger partial charge in [-0.1, -0.05) is 6.42 Å². The van der Waals surface area contributed by atoms with Crippen molar-refractivity contribution in [3.05, 3.63) is 59.4 Å². The SMILES string of the molecule is O=C(Cc1csc(-c2cccnc2)n1)N1CCc2cc(S(=O)(=O)N3CCCCC3)ccc21. The highest BCUT2D eigenvalue weighted by molar-refractivity contribution is 7.89. The minimum Gasteiger partial charge on any atom is -0.311 e. The van der Waals surface area contributed by atoms with Gasteiger partial charge in [0.25, 0.3) is 0 Å². The lowest BCUT2D eigenvalue weighted by atomic mass is 10.2. The number of sulfonamides is 1. The quantitative estimate of drug-likeness (QED) is 0.572. The van der Waals surface area contributed by atoms with Crippen LogP contribution in [0, 0.1) is 0 Å². The summed E-state index contributed by atoms with van der Waals surface area (Å²) in [6.07, 6.45) is 7.24. The van der Waals surface area contributed by atoms with Crippen LogP contribution in [-0.4, -0.2) is 48.2 Å². The van der Waals surface area contributed by atoms with Crippen molar-refractivity contribution in [1.29, 1.82) is 0 Å². The van der Waals surface area contributed by atoms with Gasteiger partial charge in [0.15, 0.2) is 0 Å². The zero-order valence-electron chi connectivity index (χ0n) is 17.6. The number of carbonyl (C=O) groups excluding carboxylic acids is 1. The number of fused-ring (bicyclic) bond motifs is 1. The molecule has 0 spiro atoms. The number of nitrogens with zero attached hydrogens (tertiary/aromatic N) is 4. The summed E-state index contributed by atoms with van der Waals surface area (Å²) in [5.74, 6) is -0.0292. The Morgan fingerprint density at radius 2 is 1.94 bits per heavy atom. The van der Waals surface area contributed by atoms with Crippen LogP contribution in [0.5, 0.6) is 0 Å². The summed E-state index contributed by atoms with van der Waals surface area (Å²) in [5, 5.41) is 2.75. The molecule has 2 aromatic heterocycles. The number of rotatable bonds is 5. The Labute approximate surface area is 191 Å². The topological polar surface area (TPSA) is 83.5 Å². The van der Waals surface area contributed by atoms with E-state index in [1.54, 1.807) is 39.8 Å². The molecule has 3 aromatic rings. The Balaban J connectivity index is 1.31. The second-order valence-corrected chi connectivity index (χ2v) is 10.9. The van der Waals surface area contributed by atoms with Gasteiger partial charge < -0.3 is 4.90 Å². The van der Waals surface area contributed by atoms with Crippen LogP contribution in [0.1, 0.15) is 30.5 Å². The minimum atomic E-state index is -3.48. The smallest absolute Gasteiger partial charge is 0.243 e. The molecule has 1 saturated heterocycles. The maximum Gasteiger partial charge on any atom is 0.243 e. The Morgan fingerprint density at radius 3 is 2.72 bits per heavy atom. The van der Waals surface area contributed by atoms with E-state index in [-0.39, 0.29) is 12.3 Å². The van der Waals surface area contributed by atoms with Crippen molar-refractivity contribution >= 4 is 33.0 Å². The van der Waals surface area contributed by atoms with Crippen LogP contribution in [0.3, 0.4) is 0 Å². The van der Waals surface area contributed by atoms with E-state index in [0.29, 0.717) is 31.0 Å². The number of thiazole rings is 1. The number of amides is 1. The molecular weight excluding hydrogens is 444 g/mol. The molecule has 7 nitrogen and oxygen atoms in total. The number of benzene rings is 1. The van der Waals surface area contributed by atoms with Gasteiger partial charge in [0.05, 0.1) is 17.0 Å². The van der Waals surface area contributed by atoms with Gasteiger partial charge in [0.1, 0.15) is 5.01 Å². The van der Waals surface area contributed by atoms with Gasteiger partial charge in [-0.2, -0.15) is 4.31 Å². The van der Waals surface area contributed by atoms with Crippen molar-refractivity contribution in [3.8, 4) is 10.6 Å². The van der Waals surface area contributed by atoms with Gasteiger partial charge >= 0.3 is 0 Å². The molecule has 0 atom stereocenters. The molecule has 5 rings (SSSR count). The van der Waals surface area contributed by atoms with Crippen LogP contribution in [0.4, 0.5) is 5.69 Å². The average molecular weight is 469 g/mol. The van der Waals surface area contributed by atoms with E-state index < -0.39 is 10.0 Å². The Hall–Kier alpha value is -2.62. The molecule has 2 aliphatic rings. The summed E-state index contributed by atoms with van der Waals surface area (Å²) in [7, 11) is -3.48. The molecule has 1 fully saturated rings. The fourth-order valence-electron chi connectivity index (χ4n) is 4.31. The summed E-state index contributed by atoms with van der Waals surface area (Å²) in [6.45, 7) is 1.72. The maximum absolute atomic E-state index is 13.0. The molecule has 4 heterocycles. The minimum absolute atomic E-state index is 0.0292. The second-order valence-electron chi connectivity index (χ2n) is 8.11. The molecule has 1 amide bonds. The van der Waals surface area contributed by atoms with Gasteiger partial charge in [0, 0.05) is 48.7 Å². The molecule has 0 bridgehead atoms. The number of hydrogen-bond acceptors (Lipinski definition) is 6. The first-order valence-electron chi connectivity index (χ1n) is 10.8. The van der Waals surface area contributed by atoms with Crippen LogP contribution in [-0.2, 0) is 27.7 Å². The monoisotopic (exact) mass is 468 g/mol. The molecule has 0 aliphatic carbocycles. The Morgan fingerprint density at radius 1 is 1.09 bits per heavy atom. The van der Waals surface area contributed by atoms with Gasteiger partial charge in [-0.15, -0.1) is 11.3 Å². The zero-order chi connectivity index (χ0) is 22.1. The third kappa shape index (κ3) is 4.07. The number of anilines is 1. The first kappa shape index (κ1) is 21.2. The largest absolute Gasteiger partial charge is 0.311 e. The first-order valence-corrected chi connectivity index (χ1v) is 13.1. The highest BCUT2D eigenvalue weighted by Crippen LogP contribution is 2.32. The Bertz CT molecular complexity index is 1240. The number of hydrogen-bond donors (Lipinski definition) is 0. The summed E-state index contributed by atoms with van der Waals surface area (Å²) in [5.41, 5.74) is 3.38. The molecule has 0 unspecified atom stereocenters. The van der Waals surface area contributed by atoms with E-state index in [1.807, 2.05) is 17.5 Å². The van der Waals surface area contributed by atoms with Crippen LogP contribution in [0.25, 0.3) is 10.6 Å². The molecule has 2 aliphatic heterocycles. The third-order valence-electron chi connectivity index (χ3n) is 5.99. The molecular formula is C23H24N4O3S2. The molecule has 9 heteroatoms. The van der Waals surface area contributed by atoms with Crippen LogP contribution < -0.4 is 4.90 Å². The maximum atomic E-state index is 13.0. The lowest BCUT2D eigenvalue weighted by Gasteiger charge is -2.26. The molecule has 0 radical (unpaired) electrons. The number of piperidine rings is 1. The summed E-state index contributed by atoms with van der Waals surface area (Å²) >= 11 is 1.50. The molecule has 166 valence electrons. The van der Waals surface area contributed by atoms with Gasteiger partial charge in [-0.05, 0) is 55.2 Å². The molecule has 0 N–H and O–H groups in total. The highest BCUT2D eigenvalue weighted by atomic mass is 32.2. The van der Waals surface area contributed by atoms with Crippen LogP contribution >= 0.6 is 11.3 Å². The zero-order valence-corrected chi connectivity index (χ0v) is 19.2. The van der Waals surface area contributed by atoms with Crippen molar-refractivity contribution < 1.29 is 13.2 Å². The normalized spacial score (nSPS) is 16.8. The van der Waals surface area contributed by atoms with Crippen LogP contribution in [0.2, 0.25) is 0 Å². The van der Waals surface area contributed by atoms with Gasteiger partial charge in [-0.3, -0.25) is 9.78 Å². The van der Waals surface area contributed by atoms with Crippen molar-refractivity contribution in [2.24, 2.45) is 0 Å². The number of carbonyl (C=O) groups is 1. The summed E-state index contributed by atoms with van der Waals surface area (Å²) in [6, 6.07) is 8.97. The number of aromatic nitrogens is 2. The van der Waals surface area contributed by atoms with E-state index in [0.717, 1.165) is 46.8 Å². The van der Waals surface area contributed by atoms with E-state index in [9.17, 15) is 13.2 Å². The van der Waals surface area contributed by atoms with Crippen molar-refractivity contribution in [2.45, 2.75) is 37.0 Å². The van der Waals surface area contributed by atoms with Crippen molar-refractivity contribution in [1.82, 2.24) is 14.3 Å². The second kappa shape index (κ2) is 8.73. The van der Waals surface area contributed by atoms with E-state index in [4.69, 9.17) is 0 Å². The average Bonchev–Trinajstić information content (AvgIpc) is 3.47. The van der Waals surface area contributed by atoms with Crippen molar-refractivity contribution in [3.63, 3.8) is 0 Å². The highest BCUT2D eigenvalue weighted by Gasteiger charge is 2.30. The molecule has 32 heavy (non-hydrogen) atoms. The van der Waals surface area contributed by atoms with Gasteiger partial charge in [0.2, 0.25) is 15.9 Å². The molecule has 0 saturated carbocycles. The van der Waals surface area contributed by atoms with E-state index in [2.05, 4.69) is 9.97 Å². The summed E-state index contributed by atoms with van der Waals surface area (Å²) in [4.78, 5) is 23.8. The Kier molecular flexibility index (Phi) is 5.79. The fraction of sp³-hybridized carbons (Fsp3) is 0.348. The predicted octanol–water partition coefficient (Wildman–Crippen LogP) is 3.51. The lowest BCUT2D eigenvalue weighted by molar-refractivity contribution is -0.117. The standard InChI is InChI=1S/C23H24N4O3S2/c28-22(14-19-16-31-23(25-19)18-5-4-9-24-15-18)27-12-8-17-13-20(6-7-21(17)27)32(29,30)26-10-2-1-3-11-26/h4-7,9,13,15-16H,1-3,8,10-12,14H2. The van der Waals surface area contributed by atoms with E-state index >= 15 is 0 Å². The number of pyridine rings is 1. The fourth-order valence-corrected chi connectivity index (χ4v) is 6.69. The van der Waals surface area contributed by atoms with Crippen LogP contribution in [0.15, 0.2) is 53.0 Å². The predicted molar refractivity (Wildman–Crippen MR) is 124 cm³/mol. The van der Waals surface area contributed by atoms with E-state index in [1.165, 1.54) is 11.3 Å². The van der Waals surface area contributed by atoms with Crippen molar-refractivity contribution in [2.75, 3.05) is 24.5 Å². The van der Waals surface area contributed by atoms with Gasteiger partial charge in [-0.25, -0.2) is 13.4 Å². The molecule has 1 aromatic carbocycles.